The monoisotopic (exact) mass is 245 g/mol. The van der Waals surface area contributed by atoms with Crippen LogP contribution in [0.25, 0.3) is 0 Å². The minimum atomic E-state index is -0.909. The van der Waals surface area contributed by atoms with E-state index in [9.17, 15) is 4.79 Å². The van der Waals surface area contributed by atoms with E-state index in [1.54, 1.807) is 12.1 Å². The third-order valence-electron chi connectivity index (χ3n) is 2.01. The van der Waals surface area contributed by atoms with Crippen molar-refractivity contribution in [2.45, 2.75) is 19.4 Å². The predicted octanol–water partition coefficient (Wildman–Crippen LogP) is 1.98. The van der Waals surface area contributed by atoms with Gasteiger partial charge in [-0.25, -0.2) is 0 Å². The van der Waals surface area contributed by atoms with Crippen molar-refractivity contribution in [1.29, 1.82) is 0 Å². The van der Waals surface area contributed by atoms with Crippen LogP contribution in [0.4, 0.5) is 0 Å². The quantitative estimate of drug-likeness (QED) is 0.832. The topological polar surface area (TPSA) is 72.5 Å². The van der Waals surface area contributed by atoms with Crippen LogP contribution in [-0.4, -0.2) is 17.7 Å². The molecule has 1 aromatic rings. The molecule has 0 bridgehead atoms. The molecule has 4 nitrogen and oxygen atoms in total. The number of halogens is 1. The average Bonchev–Trinajstić information content (AvgIpc) is 2.18. The second-order valence-electron chi connectivity index (χ2n) is 3.18. The molecule has 0 aliphatic rings. The molecule has 16 heavy (non-hydrogen) atoms. The number of nitrogens with two attached hydrogens (primary N) is 1. The van der Waals surface area contributed by atoms with Crippen molar-refractivity contribution in [3.8, 4) is 5.75 Å². The number of hydrogen-bond donors (Lipinski definition) is 2. The van der Waals surface area contributed by atoms with Crippen molar-refractivity contribution >= 4 is 18.4 Å². The van der Waals surface area contributed by atoms with Crippen LogP contribution in [0.1, 0.15) is 24.9 Å². The Kier molecular flexibility index (Phi) is 6.53. The summed E-state index contributed by atoms with van der Waals surface area (Å²) in [6.45, 7) is 2.41. The number of carbonyl (C=O) groups is 1. The summed E-state index contributed by atoms with van der Waals surface area (Å²) in [6.07, 6.45) is -0.0932. The van der Waals surface area contributed by atoms with Gasteiger partial charge < -0.3 is 15.6 Å². The number of rotatable bonds is 5. The van der Waals surface area contributed by atoms with E-state index in [-0.39, 0.29) is 18.8 Å². The Balaban J connectivity index is 0.00000225. The minimum Gasteiger partial charge on any atom is -0.494 e. The van der Waals surface area contributed by atoms with Gasteiger partial charge in [-0.3, -0.25) is 4.79 Å². The summed E-state index contributed by atoms with van der Waals surface area (Å²) in [5.74, 6) is -0.248. The first kappa shape index (κ1) is 14.7. The maximum Gasteiger partial charge on any atom is 0.305 e. The second-order valence-corrected chi connectivity index (χ2v) is 3.18. The van der Waals surface area contributed by atoms with E-state index < -0.39 is 12.0 Å². The van der Waals surface area contributed by atoms with Crippen molar-refractivity contribution in [3.63, 3.8) is 0 Å². The fourth-order valence-corrected chi connectivity index (χ4v) is 1.37. The lowest BCUT2D eigenvalue weighted by Gasteiger charge is -2.14. The van der Waals surface area contributed by atoms with Crippen molar-refractivity contribution in [1.82, 2.24) is 0 Å². The molecule has 0 radical (unpaired) electrons. The molecule has 0 fully saturated rings. The molecule has 1 aromatic carbocycles. The van der Waals surface area contributed by atoms with Crippen molar-refractivity contribution in [2.24, 2.45) is 5.73 Å². The molecule has 0 saturated heterocycles. The lowest BCUT2D eigenvalue weighted by Crippen LogP contribution is -2.16. The molecule has 0 heterocycles. The van der Waals surface area contributed by atoms with Gasteiger partial charge in [0.25, 0.3) is 0 Å². The summed E-state index contributed by atoms with van der Waals surface area (Å²) in [6, 6.07) is 6.71. The predicted molar refractivity (Wildman–Crippen MR) is 64.0 cm³/mol. The van der Waals surface area contributed by atoms with E-state index in [1.165, 1.54) is 0 Å². The third kappa shape index (κ3) is 4.08. The summed E-state index contributed by atoms with van der Waals surface area (Å²) < 4.78 is 5.37. The van der Waals surface area contributed by atoms with E-state index >= 15 is 0 Å². The van der Waals surface area contributed by atoms with Crippen LogP contribution >= 0.6 is 12.4 Å². The fraction of sp³-hybridized carbons (Fsp3) is 0.364. The van der Waals surface area contributed by atoms with Gasteiger partial charge in [-0.2, -0.15) is 0 Å². The summed E-state index contributed by atoms with van der Waals surface area (Å²) in [7, 11) is 0. The molecular formula is C11H16ClNO3. The molecule has 0 aliphatic heterocycles. The summed E-state index contributed by atoms with van der Waals surface area (Å²) >= 11 is 0. The zero-order valence-electron chi connectivity index (χ0n) is 9.05. The summed E-state index contributed by atoms with van der Waals surface area (Å²) in [5.41, 5.74) is 6.50. The average molecular weight is 246 g/mol. The van der Waals surface area contributed by atoms with Gasteiger partial charge in [-0.05, 0) is 13.0 Å². The second kappa shape index (κ2) is 7.09. The molecule has 1 rings (SSSR count). The Bertz CT molecular complexity index is 344. The molecule has 3 N–H and O–H groups in total. The summed E-state index contributed by atoms with van der Waals surface area (Å²) in [5, 5.41) is 8.65. The smallest absolute Gasteiger partial charge is 0.305 e. The Hall–Kier alpha value is -1.26. The molecule has 0 saturated carbocycles. The zero-order valence-corrected chi connectivity index (χ0v) is 9.87. The van der Waals surface area contributed by atoms with Gasteiger partial charge in [-0.15, -0.1) is 12.4 Å². The zero-order chi connectivity index (χ0) is 11.3. The van der Waals surface area contributed by atoms with Gasteiger partial charge in [0.05, 0.1) is 13.0 Å². The lowest BCUT2D eigenvalue weighted by atomic mass is 10.0. The molecule has 5 heteroatoms. The van der Waals surface area contributed by atoms with Crippen LogP contribution in [0.15, 0.2) is 24.3 Å². The first-order chi connectivity index (χ1) is 7.15. The maximum atomic E-state index is 10.5. The van der Waals surface area contributed by atoms with Crippen LogP contribution in [-0.2, 0) is 4.79 Å². The van der Waals surface area contributed by atoms with Gasteiger partial charge in [0.2, 0.25) is 0 Å². The number of ether oxygens (including phenoxy) is 1. The lowest BCUT2D eigenvalue weighted by molar-refractivity contribution is -0.137. The molecule has 90 valence electrons. The highest BCUT2D eigenvalue weighted by Crippen LogP contribution is 2.25. The molecule has 1 unspecified atom stereocenters. The highest BCUT2D eigenvalue weighted by Gasteiger charge is 2.14. The Morgan fingerprint density at radius 3 is 2.69 bits per heavy atom. The van der Waals surface area contributed by atoms with Gasteiger partial charge in [0.15, 0.2) is 0 Å². The molecule has 0 aromatic heterocycles. The van der Waals surface area contributed by atoms with Crippen LogP contribution in [0, 0.1) is 0 Å². The SMILES string of the molecule is CCOc1ccccc1C(N)CC(=O)O.Cl. The van der Waals surface area contributed by atoms with E-state index in [0.29, 0.717) is 12.4 Å². The summed E-state index contributed by atoms with van der Waals surface area (Å²) in [4.78, 5) is 10.5. The van der Waals surface area contributed by atoms with Crippen LogP contribution in [0.5, 0.6) is 5.75 Å². The van der Waals surface area contributed by atoms with Crippen LogP contribution in [0.3, 0.4) is 0 Å². The van der Waals surface area contributed by atoms with Crippen molar-refractivity contribution in [3.05, 3.63) is 29.8 Å². The molecule has 0 spiro atoms. The first-order valence-corrected chi connectivity index (χ1v) is 4.84. The fourth-order valence-electron chi connectivity index (χ4n) is 1.37. The molecule has 1 atom stereocenters. The Morgan fingerprint density at radius 1 is 1.50 bits per heavy atom. The van der Waals surface area contributed by atoms with Crippen molar-refractivity contribution < 1.29 is 14.6 Å². The maximum absolute atomic E-state index is 10.5. The highest BCUT2D eigenvalue weighted by molar-refractivity contribution is 5.85. The Morgan fingerprint density at radius 2 is 2.12 bits per heavy atom. The van der Waals surface area contributed by atoms with Gasteiger partial charge in [-0.1, -0.05) is 18.2 Å². The number of benzene rings is 1. The molecule has 0 aliphatic carbocycles. The normalized spacial score (nSPS) is 11.4. The van der Waals surface area contributed by atoms with E-state index in [0.717, 1.165) is 5.56 Å². The number of carboxylic acid groups (broad SMARTS) is 1. The number of hydrogen-bond acceptors (Lipinski definition) is 3. The van der Waals surface area contributed by atoms with Crippen LogP contribution in [0.2, 0.25) is 0 Å². The van der Waals surface area contributed by atoms with E-state index in [1.807, 2.05) is 19.1 Å². The number of carboxylic acids is 1. The third-order valence-corrected chi connectivity index (χ3v) is 2.01. The standard InChI is InChI=1S/C11H15NO3.ClH/c1-2-15-10-6-4-3-5-8(10)9(12)7-11(13)14;/h3-6,9H,2,7,12H2,1H3,(H,13,14);1H. The van der Waals surface area contributed by atoms with Crippen molar-refractivity contribution in [2.75, 3.05) is 6.61 Å². The van der Waals surface area contributed by atoms with Gasteiger partial charge in [0.1, 0.15) is 5.75 Å². The first-order valence-electron chi connectivity index (χ1n) is 4.84. The van der Waals surface area contributed by atoms with Gasteiger partial charge >= 0.3 is 5.97 Å². The van der Waals surface area contributed by atoms with E-state index in [2.05, 4.69) is 0 Å². The minimum absolute atomic E-state index is 0. The van der Waals surface area contributed by atoms with Crippen LogP contribution < -0.4 is 10.5 Å². The van der Waals surface area contributed by atoms with E-state index in [4.69, 9.17) is 15.6 Å². The Labute approximate surface area is 101 Å². The molecular weight excluding hydrogens is 230 g/mol. The van der Waals surface area contributed by atoms with Gasteiger partial charge in [0, 0.05) is 11.6 Å². The largest absolute Gasteiger partial charge is 0.494 e. The number of para-hydroxylation sites is 1. The highest BCUT2D eigenvalue weighted by atomic mass is 35.5. The molecule has 0 amide bonds. The number of aliphatic carboxylic acids is 1.